The van der Waals surface area contributed by atoms with Crippen molar-refractivity contribution in [2.75, 3.05) is 5.32 Å². The highest BCUT2D eigenvalue weighted by atomic mass is 79.9. The molecule has 2 aromatic carbocycles. The number of aromatic nitrogens is 1. The van der Waals surface area contributed by atoms with E-state index in [-0.39, 0.29) is 0 Å². The van der Waals surface area contributed by atoms with Gasteiger partial charge in [0, 0.05) is 32.5 Å². The lowest BCUT2D eigenvalue weighted by atomic mass is 10.2. The third kappa shape index (κ3) is 2.72. The highest BCUT2D eigenvalue weighted by Crippen LogP contribution is 2.27. The van der Waals surface area contributed by atoms with Crippen LogP contribution in [0.25, 0.3) is 10.9 Å². The summed E-state index contributed by atoms with van der Waals surface area (Å²) in [6.07, 6.45) is 1.80. The molecule has 0 radical (unpaired) electrons. The van der Waals surface area contributed by atoms with Gasteiger partial charge in [-0.25, -0.2) is 0 Å². The van der Waals surface area contributed by atoms with Crippen LogP contribution in [0.4, 0.5) is 11.4 Å². The molecule has 1 N–H and O–H groups in total. The Balaban J connectivity index is 2.03. The second-order valence-electron chi connectivity index (χ2n) is 4.15. The molecule has 1 heterocycles. The molecule has 0 saturated heterocycles. The van der Waals surface area contributed by atoms with Gasteiger partial charge in [0.15, 0.2) is 0 Å². The number of halogens is 2. The summed E-state index contributed by atoms with van der Waals surface area (Å²) in [5.41, 5.74) is 2.98. The normalized spacial score (nSPS) is 10.6. The molecule has 0 aliphatic heterocycles. The Hall–Kier alpha value is -1.58. The minimum atomic E-state index is 0.731. The Morgan fingerprint density at radius 3 is 2.58 bits per heavy atom. The fraction of sp³-hybridized carbons (Fsp3) is 0. The van der Waals surface area contributed by atoms with Crippen LogP contribution in [-0.4, -0.2) is 4.98 Å². The van der Waals surface area contributed by atoms with Crippen LogP contribution >= 0.6 is 27.5 Å². The van der Waals surface area contributed by atoms with Crippen LogP contribution in [0.2, 0.25) is 5.02 Å². The van der Waals surface area contributed by atoms with Crippen LogP contribution in [-0.2, 0) is 0 Å². The number of pyridine rings is 1. The third-order valence-electron chi connectivity index (χ3n) is 2.83. The monoisotopic (exact) mass is 332 g/mol. The first kappa shape index (κ1) is 12.5. The van der Waals surface area contributed by atoms with E-state index in [1.807, 2.05) is 48.5 Å². The van der Waals surface area contributed by atoms with Gasteiger partial charge in [0.1, 0.15) is 0 Å². The molecule has 0 fully saturated rings. The van der Waals surface area contributed by atoms with E-state index in [1.54, 1.807) is 6.20 Å². The van der Waals surface area contributed by atoms with E-state index in [2.05, 4.69) is 26.2 Å². The maximum atomic E-state index is 5.88. The topological polar surface area (TPSA) is 24.9 Å². The lowest BCUT2D eigenvalue weighted by Crippen LogP contribution is -1.92. The minimum absolute atomic E-state index is 0.731. The number of fused-ring (bicyclic) bond motifs is 1. The number of hydrogen-bond acceptors (Lipinski definition) is 2. The summed E-state index contributed by atoms with van der Waals surface area (Å²) in [6.45, 7) is 0. The van der Waals surface area contributed by atoms with Crippen LogP contribution in [0.1, 0.15) is 0 Å². The molecular formula is C15H10BrClN2. The molecule has 3 aromatic rings. The van der Waals surface area contributed by atoms with Gasteiger partial charge in [-0.3, -0.25) is 4.98 Å². The Morgan fingerprint density at radius 1 is 1.00 bits per heavy atom. The summed E-state index contributed by atoms with van der Waals surface area (Å²) < 4.78 is 1.02. The predicted molar refractivity (Wildman–Crippen MR) is 84.2 cm³/mol. The summed E-state index contributed by atoms with van der Waals surface area (Å²) in [6, 6.07) is 15.7. The molecule has 0 saturated carbocycles. The minimum Gasteiger partial charge on any atom is -0.355 e. The molecule has 4 heteroatoms. The van der Waals surface area contributed by atoms with Gasteiger partial charge < -0.3 is 5.32 Å². The average Bonchev–Trinajstić information content (AvgIpc) is 2.41. The van der Waals surface area contributed by atoms with Crippen molar-refractivity contribution in [3.8, 4) is 0 Å². The van der Waals surface area contributed by atoms with Crippen LogP contribution < -0.4 is 5.32 Å². The largest absolute Gasteiger partial charge is 0.355 e. The van der Waals surface area contributed by atoms with Gasteiger partial charge in [-0.2, -0.15) is 0 Å². The van der Waals surface area contributed by atoms with E-state index in [9.17, 15) is 0 Å². The fourth-order valence-corrected chi connectivity index (χ4v) is 2.39. The van der Waals surface area contributed by atoms with Crippen molar-refractivity contribution < 1.29 is 0 Å². The summed E-state index contributed by atoms with van der Waals surface area (Å²) in [5.74, 6) is 0. The van der Waals surface area contributed by atoms with Gasteiger partial charge in [0.25, 0.3) is 0 Å². The number of rotatable bonds is 2. The summed E-state index contributed by atoms with van der Waals surface area (Å²) in [4.78, 5) is 4.37. The first-order chi connectivity index (χ1) is 9.22. The molecule has 0 unspecified atom stereocenters. The van der Waals surface area contributed by atoms with E-state index in [1.165, 1.54) is 0 Å². The quantitative estimate of drug-likeness (QED) is 0.679. The zero-order valence-electron chi connectivity index (χ0n) is 9.90. The zero-order chi connectivity index (χ0) is 13.2. The molecule has 0 aliphatic carbocycles. The number of nitrogens with zero attached hydrogens (tertiary/aromatic N) is 1. The Labute approximate surface area is 124 Å². The van der Waals surface area contributed by atoms with Crippen molar-refractivity contribution in [1.29, 1.82) is 0 Å². The van der Waals surface area contributed by atoms with E-state index in [4.69, 9.17) is 11.6 Å². The van der Waals surface area contributed by atoms with Crippen molar-refractivity contribution in [3.05, 3.63) is 64.2 Å². The lowest BCUT2D eigenvalue weighted by Gasteiger charge is -2.09. The zero-order valence-corrected chi connectivity index (χ0v) is 12.2. The second-order valence-corrected chi connectivity index (χ2v) is 5.50. The van der Waals surface area contributed by atoms with Crippen LogP contribution in [0, 0.1) is 0 Å². The highest BCUT2D eigenvalue weighted by Gasteiger charge is 2.03. The average molecular weight is 334 g/mol. The van der Waals surface area contributed by atoms with E-state index < -0.39 is 0 Å². The Bertz CT molecular complexity index is 726. The van der Waals surface area contributed by atoms with E-state index in [0.29, 0.717) is 0 Å². The number of benzene rings is 2. The molecule has 0 aliphatic rings. The van der Waals surface area contributed by atoms with Crippen LogP contribution in [0.3, 0.4) is 0 Å². The van der Waals surface area contributed by atoms with Crippen molar-refractivity contribution in [3.63, 3.8) is 0 Å². The molecule has 3 rings (SSSR count). The van der Waals surface area contributed by atoms with E-state index in [0.717, 1.165) is 31.8 Å². The van der Waals surface area contributed by atoms with Crippen LogP contribution in [0.15, 0.2) is 59.2 Å². The van der Waals surface area contributed by atoms with Gasteiger partial charge in [0.05, 0.1) is 5.52 Å². The van der Waals surface area contributed by atoms with Crippen molar-refractivity contribution in [1.82, 2.24) is 4.98 Å². The molecule has 19 heavy (non-hydrogen) atoms. The summed E-state index contributed by atoms with van der Waals surface area (Å²) in [5, 5.41) is 5.19. The number of anilines is 2. The molecule has 0 spiro atoms. The molecule has 0 atom stereocenters. The Morgan fingerprint density at radius 2 is 1.79 bits per heavy atom. The van der Waals surface area contributed by atoms with Crippen LogP contribution in [0.5, 0.6) is 0 Å². The number of hydrogen-bond donors (Lipinski definition) is 1. The number of nitrogens with one attached hydrogen (secondary N) is 1. The molecule has 0 amide bonds. The van der Waals surface area contributed by atoms with Gasteiger partial charge in [0.2, 0.25) is 0 Å². The van der Waals surface area contributed by atoms with Gasteiger partial charge >= 0.3 is 0 Å². The van der Waals surface area contributed by atoms with E-state index >= 15 is 0 Å². The molecule has 2 nitrogen and oxygen atoms in total. The molecule has 0 bridgehead atoms. The van der Waals surface area contributed by atoms with Gasteiger partial charge in [-0.05, 0) is 48.5 Å². The summed E-state index contributed by atoms with van der Waals surface area (Å²) in [7, 11) is 0. The molecule has 94 valence electrons. The molecule has 1 aromatic heterocycles. The first-order valence-corrected chi connectivity index (χ1v) is 6.96. The van der Waals surface area contributed by atoms with Crippen molar-refractivity contribution in [2.45, 2.75) is 0 Å². The van der Waals surface area contributed by atoms with Crippen molar-refractivity contribution >= 4 is 49.8 Å². The third-order valence-corrected chi connectivity index (χ3v) is 3.57. The maximum Gasteiger partial charge on any atom is 0.0734 e. The first-order valence-electron chi connectivity index (χ1n) is 5.79. The molecular weight excluding hydrogens is 324 g/mol. The fourth-order valence-electron chi connectivity index (χ4n) is 1.92. The predicted octanol–water partition coefficient (Wildman–Crippen LogP) is 5.39. The standard InChI is InChI=1S/C15H10BrClN2/c16-10-1-6-13-14(7-8-18-15(13)9-10)19-12-4-2-11(17)3-5-12/h1-9H,(H,18,19). The van der Waals surface area contributed by atoms with Crippen molar-refractivity contribution in [2.24, 2.45) is 0 Å². The SMILES string of the molecule is Clc1ccc(Nc2ccnc3cc(Br)ccc23)cc1. The second kappa shape index (κ2) is 5.19. The summed E-state index contributed by atoms with van der Waals surface area (Å²) >= 11 is 9.34. The lowest BCUT2D eigenvalue weighted by molar-refractivity contribution is 1.40. The van der Waals surface area contributed by atoms with Gasteiger partial charge in [-0.15, -0.1) is 0 Å². The van der Waals surface area contributed by atoms with Gasteiger partial charge in [-0.1, -0.05) is 27.5 Å². The highest BCUT2D eigenvalue weighted by molar-refractivity contribution is 9.10. The smallest absolute Gasteiger partial charge is 0.0734 e. The Kier molecular flexibility index (Phi) is 3.40. The maximum absolute atomic E-state index is 5.88.